The fourth-order valence-corrected chi connectivity index (χ4v) is 1.52. The van der Waals surface area contributed by atoms with Crippen molar-refractivity contribution in [1.29, 1.82) is 0 Å². The van der Waals surface area contributed by atoms with Gasteiger partial charge in [0.25, 0.3) is 0 Å². The maximum atomic E-state index is 12.7. The molecule has 0 bridgehead atoms. The van der Waals surface area contributed by atoms with Crippen LogP contribution in [0.5, 0.6) is 0 Å². The lowest BCUT2D eigenvalue weighted by Crippen LogP contribution is -1.95. The van der Waals surface area contributed by atoms with E-state index in [1.165, 1.54) is 30.3 Å². The molecule has 0 aliphatic heterocycles. The number of furan rings is 1. The van der Waals surface area contributed by atoms with Crippen LogP contribution < -0.4 is 0 Å². The molecule has 0 fully saturated rings. The van der Waals surface area contributed by atoms with Gasteiger partial charge in [-0.25, -0.2) is 9.18 Å². The van der Waals surface area contributed by atoms with Crippen molar-refractivity contribution in [3.05, 3.63) is 46.9 Å². The summed E-state index contributed by atoms with van der Waals surface area (Å²) in [4.78, 5) is 10.9. The van der Waals surface area contributed by atoms with Crippen molar-refractivity contribution in [3.63, 3.8) is 0 Å². The summed E-state index contributed by atoms with van der Waals surface area (Å²) in [5.41, 5.74) is 0.419. The Morgan fingerprint density at radius 1 is 1.31 bits per heavy atom. The van der Waals surface area contributed by atoms with Crippen LogP contribution in [-0.2, 0) is 0 Å². The number of carboxylic acid groups (broad SMARTS) is 1. The summed E-state index contributed by atoms with van der Waals surface area (Å²) in [6, 6.07) is 6.51. The molecule has 0 radical (unpaired) electrons. The van der Waals surface area contributed by atoms with E-state index in [0.717, 1.165) is 0 Å². The molecule has 16 heavy (non-hydrogen) atoms. The summed E-state index contributed by atoms with van der Waals surface area (Å²) < 4.78 is 17.8. The third-order valence-electron chi connectivity index (χ3n) is 2.04. The van der Waals surface area contributed by atoms with E-state index in [-0.39, 0.29) is 16.5 Å². The Hall–Kier alpha value is -1.81. The van der Waals surface area contributed by atoms with Gasteiger partial charge in [0.15, 0.2) is 11.0 Å². The van der Waals surface area contributed by atoms with Crippen molar-refractivity contribution in [1.82, 2.24) is 0 Å². The third-order valence-corrected chi connectivity index (χ3v) is 2.23. The second-order valence-electron chi connectivity index (χ2n) is 3.11. The average molecular weight is 241 g/mol. The predicted molar refractivity (Wildman–Crippen MR) is 56.1 cm³/mol. The second-order valence-corrected chi connectivity index (χ2v) is 3.48. The number of aromatic carboxylic acids is 1. The molecule has 0 spiro atoms. The number of rotatable bonds is 2. The number of halogens is 2. The molecule has 82 valence electrons. The lowest BCUT2D eigenvalue weighted by Gasteiger charge is -1.98. The molecule has 5 heteroatoms. The first kappa shape index (κ1) is 10.7. The van der Waals surface area contributed by atoms with Crippen LogP contribution in [0, 0.1) is 5.82 Å². The molecule has 1 aromatic carbocycles. The number of hydrogen-bond donors (Lipinski definition) is 1. The molecule has 0 saturated heterocycles. The maximum absolute atomic E-state index is 12.7. The van der Waals surface area contributed by atoms with E-state index in [1.54, 1.807) is 0 Å². The van der Waals surface area contributed by atoms with E-state index in [9.17, 15) is 9.18 Å². The topological polar surface area (TPSA) is 50.4 Å². The summed E-state index contributed by atoms with van der Waals surface area (Å²) in [7, 11) is 0. The van der Waals surface area contributed by atoms with Crippen molar-refractivity contribution in [3.8, 4) is 11.3 Å². The molecule has 0 unspecified atom stereocenters. The first-order valence-electron chi connectivity index (χ1n) is 4.36. The van der Waals surface area contributed by atoms with Crippen molar-refractivity contribution in [2.45, 2.75) is 0 Å². The molecule has 0 atom stereocenters. The molecule has 0 amide bonds. The molecule has 2 aromatic rings. The zero-order valence-electron chi connectivity index (χ0n) is 7.91. The summed E-state index contributed by atoms with van der Waals surface area (Å²) in [6.45, 7) is 0. The van der Waals surface area contributed by atoms with Crippen LogP contribution in [-0.4, -0.2) is 11.1 Å². The smallest absolute Gasteiger partial charge is 0.339 e. The van der Waals surface area contributed by atoms with E-state index < -0.39 is 11.8 Å². The highest BCUT2D eigenvalue weighted by molar-refractivity contribution is 6.29. The summed E-state index contributed by atoms with van der Waals surface area (Å²) >= 11 is 5.59. The highest BCUT2D eigenvalue weighted by Gasteiger charge is 2.17. The summed E-state index contributed by atoms with van der Waals surface area (Å²) in [5.74, 6) is -1.43. The van der Waals surface area contributed by atoms with Gasteiger partial charge >= 0.3 is 5.97 Å². The first-order valence-corrected chi connectivity index (χ1v) is 4.74. The number of carbonyl (C=O) groups is 1. The number of benzene rings is 1. The molecule has 2 rings (SSSR count). The van der Waals surface area contributed by atoms with Gasteiger partial charge in [-0.05, 0) is 35.9 Å². The maximum Gasteiger partial charge on any atom is 0.339 e. The van der Waals surface area contributed by atoms with Crippen LogP contribution in [0.3, 0.4) is 0 Å². The quantitative estimate of drug-likeness (QED) is 0.875. The molecule has 1 aromatic heterocycles. The monoisotopic (exact) mass is 240 g/mol. The van der Waals surface area contributed by atoms with E-state index in [2.05, 4.69) is 0 Å². The fourth-order valence-electron chi connectivity index (χ4n) is 1.34. The Labute approximate surface area is 95.1 Å². The molecule has 0 saturated carbocycles. The van der Waals surface area contributed by atoms with E-state index in [4.69, 9.17) is 21.1 Å². The Kier molecular flexibility index (Phi) is 2.66. The normalized spacial score (nSPS) is 10.4. The zero-order valence-corrected chi connectivity index (χ0v) is 8.66. The van der Waals surface area contributed by atoms with E-state index in [1.807, 2.05) is 0 Å². The Morgan fingerprint density at radius 2 is 1.94 bits per heavy atom. The van der Waals surface area contributed by atoms with Crippen molar-refractivity contribution >= 4 is 17.6 Å². The Morgan fingerprint density at radius 3 is 2.50 bits per heavy atom. The molecule has 1 N–H and O–H groups in total. The fraction of sp³-hybridized carbons (Fsp3) is 0. The first-order chi connectivity index (χ1) is 7.58. The van der Waals surface area contributed by atoms with Gasteiger partial charge in [0.2, 0.25) is 0 Å². The summed E-state index contributed by atoms with van der Waals surface area (Å²) in [5, 5.41) is 8.89. The van der Waals surface area contributed by atoms with E-state index in [0.29, 0.717) is 5.56 Å². The lowest BCUT2D eigenvalue weighted by molar-refractivity contribution is 0.0697. The third kappa shape index (κ3) is 1.92. The van der Waals surface area contributed by atoms with Crippen LogP contribution in [0.2, 0.25) is 5.22 Å². The van der Waals surface area contributed by atoms with Gasteiger partial charge in [-0.2, -0.15) is 0 Å². The lowest BCUT2D eigenvalue weighted by atomic mass is 10.1. The van der Waals surface area contributed by atoms with Crippen LogP contribution >= 0.6 is 11.6 Å². The average Bonchev–Trinajstić information content (AvgIpc) is 2.61. The minimum absolute atomic E-state index is 0.0169. The van der Waals surface area contributed by atoms with Gasteiger partial charge in [0.05, 0.1) is 0 Å². The molecular weight excluding hydrogens is 235 g/mol. The standard InChI is InChI=1S/C11H6ClFO3/c12-9-5-8(11(14)15)10(16-9)6-1-3-7(13)4-2-6/h1-5H,(H,14,15). The second kappa shape index (κ2) is 3.98. The minimum atomic E-state index is -1.14. The van der Waals surface area contributed by atoms with Gasteiger partial charge in [-0.15, -0.1) is 0 Å². The highest BCUT2D eigenvalue weighted by Crippen LogP contribution is 2.29. The Bertz CT molecular complexity index is 531. The summed E-state index contributed by atoms with van der Waals surface area (Å²) in [6.07, 6.45) is 0. The van der Waals surface area contributed by atoms with Gasteiger partial charge in [0.1, 0.15) is 11.4 Å². The van der Waals surface area contributed by atoms with Crippen molar-refractivity contribution in [2.24, 2.45) is 0 Å². The molecule has 0 aliphatic rings. The van der Waals surface area contributed by atoms with Gasteiger partial charge in [-0.3, -0.25) is 0 Å². The van der Waals surface area contributed by atoms with Gasteiger partial charge in [0, 0.05) is 11.6 Å². The minimum Gasteiger partial charge on any atom is -0.478 e. The largest absolute Gasteiger partial charge is 0.478 e. The molecule has 1 heterocycles. The van der Waals surface area contributed by atoms with E-state index >= 15 is 0 Å². The van der Waals surface area contributed by atoms with Crippen LogP contribution in [0.15, 0.2) is 34.7 Å². The van der Waals surface area contributed by atoms with Gasteiger partial charge < -0.3 is 9.52 Å². The zero-order chi connectivity index (χ0) is 11.7. The number of hydrogen-bond acceptors (Lipinski definition) is 2. The van der Waals surface area contributed by atoms with Crippen LogP contribution in [0.25, 0.3) is 11.3 Å². The van der Waals surface area contributed by atoms with Crippen LogP contribution in [0.1, 0.15) is 10.4 Å². The van der Waals surface area contributed by atoms with Gasteiger partial charge in [-0.1, -0.05) is 0 Å². The molecule has 3 nitrogen and oxygen atoms in total. The highest BCUT2D eigenvalue weighted by atomic mass is 35.5. The molecular formula is C11H6ClFO3. The Balaban J connectivity index is 2.55. The molecule has 0 aliphatic carbocycles. The number of carboxylic acids is 1. The van der Waals surface area contributed by atoms with Crippen molar-refractivity contribution in [2.75, 3.05) is 0 Å². The van der Waals surface area contributed by atoms with Crippen molar-refractivity contribution < 1.29 is 18.7 Å². The predicted octanol–water partition coefficient (Wildman–Crippen LogP) is 3.44. The SMILES string of the molecule is O=C(O)c1cc(Cl)oc1-c1ccc(F)cc1. The van der Waals surface area contributed by atoms with Crippen LogP contribution in [0.4, 0.5) is 4.39 Å².